The van der Waals surface area contributed by atoms with Gasteiger partial charge < -0.3 is 4.74 Å². The predicted octanol–water partition coefficient (Wildman–Crippen LogP) is 3.59. The summed E-state index contributed by atoms with van der Waals surface area (Å²) >= 11 is 1.21. The van der Waals surface area contributed by atoms with Gasteiger partial charge in [0.2, 0.25) is 0 Å². The third kappa shape index (κ3) is 4.63. The summed E-state index contributed by atoms with van der Waals surface area (Å²) in [6.07, 6.45) is 0.675. The van der Waals surface area contributed by atoms with E-state index in [-0.39, 0.29) is 22.7 Å². The highest BCUT2D eigenvalue weighted by Gasteiger charge is 2.20. The van der Waals surface area contributed by atoms with Gasteiger partial charge in [0, 0.05) is 4.88 Å². The van der Waals surface area contributed by atoms with Crippen molar-refractivity contribution in [2.24, 2.45) is 0 Å². The topological polar surface area (TPSA) is 84.5 Å². The maximum Gasteiger partial charge on any atom is 0.341 e. The van der Waals surface area contributed by atoms with E-state index in [1.807, 2.05) is 12.2 Å². The molecule has 1 heterocycles. The lowest BCUT2D eigenvalue weighted by Gasteiger charge is -2.07. The molecule has 6 nitrogen and oxygen atoms in total. The van der Waals surface area contributed by atoms with Gasteiger partial charge in [-0.1, -0.05) is 19.1 Å². The Morgan fingerprint density at radius 2 is 1.88 bits per heavy atom. The van der Waals surface area contributed by atoms with Gasteiger partial charge in [-0.2, -0.15) is 0 Å². The van der Waals surface area contributed by atoms with E-state index in [0.717, 1.165) is 10.9 Å². The van der Waals surface area contributed by atoms with Gasteiger partial charge in [0.15, 0.2) is 0 Å². The van der Waals surface area contributed by atoms with E-state index in [2.05, 4.69) is 5.32 Å². The quantitative estimate of drug-likeness (QED) is 0.794. The van der Waals surface area contributed by atoms with Crippen molar-refractivity contribution in [2.45, 2.75) is 20.3 Å². The summed E-state index contributed by atoms with van der Waals surface area (Å²) in [5, 5.41) is 4.76. The maximum atomic E-state index is 13.6. The Morgan fingerprint density at radius 3 is 2.52 bits per heavy atom. The smallest absolute Gasteiger partial charge is 0.341 e. The van der Waals surface area contributed by atoms with Crippen LogP contribution < -0.4 is 10.6 Å². The first-order valence-corrected chi connectivity index (χ1v) is 8.44. The van der Waals surface area contributed by atoms with Crippen LogP contribution in [0.5, 0.6) is 0 Å². The van der Waals surface area contributed by atoms with Crippen LogP contribution in [0.1, 0.15) is 39.4 Å². The number of aryl methyl sites for hydroxylation is 1. The number of imide groups is 1. The number of urea groups is 1. The van der Waals surface area contributed by atoms with Crippen molar-refractivity contribution in [1.82, 2.24) is 5.32 Å². The second kappa shape index (κ2) is 8.39. The van der Waals surface area contributed by atoms with Gasteiger partial charge in [-0.25, -0.2) is 14.0 Å². The zero-order valence-corrected chi connectivity index (χ0v) is 14.5. The molecule has 0 fully saturated rings. The Hall–Kier alpha value is -2.74. The van der Waals surface area contributed by atoms with Crippen LogP contribution in [0.3, 0.4) is 0 Å². The molecule has 2 N–H and O–H groups in total. The van der Waals surface area contributed by atoms with Crippen LogP contribution in [0.15, 0.2) is 30.3 Å². The van der Waals surface area contributed by atoms with Crippen LogP contribution in [-0.2, 0) is 11.2 Å². The van der Waals surface area contributed by atoms with Crippen molar-refractivity contribution in [3.8, 4) is 0 Å². The second-order valence-electron chi connectivity index (χ2n) is 4.92. The summed E-state index contributed by atoms with van der Waals surface area (Å²) in [5.74, 6) is -2.17. The third-order valence-corrected chi connectivity index (χ3v) is 4.39. The van der Waals surface area contributed by atoms with Crippen molar-refractivity contribution in [3.63, 3.8) is 0 Å². The molecule has 2 rings (SSSR count). The van der Waals surface area contributed by atoms with Crippen molar-refractivity contribution in [1.29, 1.82) is 0 Å². The molecule has 25 heavy (non-hydrogen) atoms. The van der Waals surface area contributed by atoms with Crippen LogP contribution in [-0.4, -0.2) is 24.5 Å². The maximum absolute atomic E-state index is 13.6. The molecule has 0 radical (unpaired) electrons. The zero-order valence-electron chi connectivity index (χ0n) is 13.7. The average Bonchev–Trinajstić information content (AvgIpc) is 2.98. The highest BCUT2D eigenvalue weighted by atomic mass is 32.1. The zero-order chi connectivity index (χ0) is 18.4. The molecule has 1 aromatic heterocycles. The van der Waals surface area contributed by atoms with E-state index in [1.165, 1.54) is 29.5 Å². The first kappa shape index (κ1) is 18.6. The number of hydrogen-bond donors (Lipinski definition) is 2. The average molecular weight is 364 g/mol. The number of amides is 3. The number of nitrogens with one attached hydrogen (secondary N) is 2. The number of esters is 1. The summed E-state index contributed by atoms with van der Waals surface area (Å²) in [6.45, 7) is 3.79. The fourth-order valence-electron chi connectivity index (χ4n) is 2.02. The third-order valence-electron chi connectivity index (χ3n) is 3.20. The SMILES string of the molecule is CCOC(=O)c1cc(CC)sc1NC(=O)NC(=O)c1ccccc1F. The van der Waals surface area contributed by atoms with Gasteiger partial charge in [-0.05, 0) is 31.5 Å². The van der Waals surface area contributed by atoms with Gasteiger partial charge in [-0.3, -0.25) is 15.4 Å². The van der Waals surface area contributed by atoms with Gasteiger partial charge in [0.05, 0.1) is 17.7 Å². The van der Waals surface area contributed by atoms with E-state index < -0.39 is 23.7 Å². The number of anilines is 1. The Morgan fingerprint density at radius 1 is 1.16 bits per heavy atom. The van der Waals surface area contributed by atoms with Gasteiger partial charge in [-0.15, -0.1) is 11.3 Å². The fraction of sp³-hybridized carbons (Fsp3) is 0.235. The number of carbonyl (C=O) groups is 3. The number of benzene rings is 1. The second-order valence-corrected chi connectivity index (χ2v) is 6.05. The molecule has 0 saturated heterocycles. The lowest BCUT2D eigenvalue weighted by molar-refractivity contribution is 0.0528. The molecular formula is C17H17FN2O4S. The number of rotatable bonds is 5. The molecule has 0 unspecified atom stereocenters. The summed E-state index contributed by atoms with van der Waals surface area (Å²) in [5.41, 5.74) is -0.0270. The summed E-state index contributed by atoms with van der Waals surface area (Å²) in [4.78, 5) is 36.8. The summed E-state index contributed by atoms with van der Waals surface area (Å²) in [7, 11) is 0. The van der Waals surface area contributed by atoms with E-state index in [4.69, 9.17) is 4.74 Å². The van der Waals surface area contributed by atoms with E-state index in [9.17, 15) is 18.8 Å². The van der Waals surface area contributed by atoms with Crippen molar-refractivity contribution in [3.05, 3.63) is 52.2 Å². The number of ether oxygens (including phenoxy) is 1. The molecule has 3 amide bonds. The Labute approximate surface area is 148 Å². The van der Waals surface area contributed by atoms with Crippen molar-refractivity contribution in [2.75, 3.05) is 11.9 Å². The monoisotopic (exact) mass is 364 g/mol. The molecule has 132 valence electrons. The molecular weight excluding hydrogens is 347 g/mol. The van der Waals surface area contributed by atoms with Crippen molar-refractivity contribution >= 4 is 34.2 Å². The summed E-state index contributed by atoms with van der Waals surface area (Å²) in [6, 6.07) is 6.10. The lowest BCUT2D eigenvalue weighted by atomic mass is 10.2. The number of thiophene rings is 1. The van der Waals surface area contributed by atoms with Crippen molar-refractivity contribution < 1.29 is 23.5 Å². The predicted molar refractivity (Wildman–Crippen MR) is 92.5 cm³/mol. The Kier molecular flexibility index (Phi) is 6.24. The minimum atomic E-state index is -0.874. The first-order chi connectivity index (χ1) is 12.0. The molecule has 0 atom stereocenters. The molecule has 0 spiro atoms. The molecule has 8 heteroatoms. The number of carbonyl (C=O) groups excluding carboxylic acids is 3. The van der Waals surface area contributed by atoms with E-state index in [1.54, 1.807) is 13.0 Å². The number of hydrogen-bond acceptors (Lipinski definition) is 5. The van der Waals surface area contributed by atoms with Crippen LogP contribution in [0.4, 0.5) is 14.2 Å². The van der Waals surface area contributed by atoms with E-state index >= 15 is 0 Å². The number of halogens is 1. The standard InChI is InChI=1S/C17H17FN2O4S/c1-3-10-9-12(16(22)24-4-2)15(25-10)20-17(23)19-14(21)11-7-5-6-8-13(11)18/h5-9H,3-4H2,1-2H3,(H2,19,20,21,23). The molecule has 2 aromatic rings. The largest absolute Gasteiger partial charge is 0.462 e. The van der Waals surface area contributed by atoms with Gasteiger partial charge >= 0.3 is 12.0 Å². The van der Waals surface area contributed by atoms with Crippen LogP contribution in [0.2, 0.25) is 0 Å². The minimum absolute atomic E-state index is 0.202. The molecule has 0 aliphatic heterocycles. The normalized spacial score (nSPS) is 10.2. The Balaban J connectivity index is 2.12. The van der Waals surface area contributed by atoms with E-state index in [0.29, 0.717) is 6.42 Å². The van der Waals surface area contributed by atoms with Crippen LogP contribution >= 0.6 is 11.3 Å². The molecule has 0 bridgehead atoms. The Bertz CT molecular complexity index is 804. The van der Waals surface area contributed by atoms with Crippen LogP contribution in [0, 0.1) is 5.82 Å². The summed E-state index contributed by atoms with van der Waals surface area (Å²) < 4.78 is 18.5. The van der Waals surface area contributed by atoms with Crippen LogP contribution in [0.25, 0.3) is 0 Å². The highest BCUT2D eigenvalue weighted by molar-refractivity contribution is 7.16. The van der Waals surface area contributed by atoms with Gasteiger partial charge in [0.25, 0.3) is 5.91 Å². The highest BCUT2D eigenvalue weighted by Crippen LogP contribution is 2.29. The molecule has 0 aliphatic rings. The first-order valence-electron chi connectivity index (χ1n) is 7.62. The minimum Gasteiger partial charge on any atom is -0.462 e. The molecule has 0 aliphatic carbocycles. The lowest BCUT2D eigenvalue weighted by Crippen LogP contribution is -2.35. The molecule has 1 aromatic carbocycles. The van der Waals surface area contributed by atoms with Gasteiger partial charge in [0.1, 0.15) is 10.8 Å². The molecule has 0 saturated carbocycles. The fourth-order valence-corrected chi connectivity index (χ4v) is 3.00.